The van der Waals surface area contributed by atoms with Crippen molar-refractivity contribution in [1.82, 2.24) is 15.1 Å². The Morgan fingerprint density at radius 1 is 1.29 bits per heavy atom. The van der Waals surface area contributed by atoms with Crippen LogP contribution in [-0.4, -0.2) is 16.3 Å². The molecule has 2 rings (SSSR count). The molecule has 0 amide bonds. The third-order valence-electron chi connectivity index (χ3n) is 3.34. The second-order valence-electron chi connectivity index (χ2n) is 4.94. The highest BCUT2D eigenvalue weighted by atomic mass is 79.9. The summed E-state index contributed by atoms with van der Waals surface area (Å²) in [5.41, 5.74) is 3.41. The Kier molecular flexibility index (Phi) is 5.82. The maximum atomic E-state index is 5.89. The van der Waals surface area contributed by atoms with Crippen LogP contribution < -0.4 is 10.1 Å². The van der Waals surface area contributed by atoms with Gasteiger partial charge in [-0.1, -0.05) is 19.9 Å². The Morgan fingerprint density at radius 2 is 2.10 bits per heavy atom. The molecule has 21 heavy (non-hydrogen) atoms. The standard InChI is InChI=1S/C16H22BrN3O/c1-4-13-9-14(20(3)19-13)11-21-16-7-6-12(8-15(16)17)10-18-5-2/h6-9,18H,4-5,10-11H2,1-3H3. The predicted molar refractivity (Wildman–Crippen MR) is 88.4 cm³/mol. The highest BCUT2D eigenvalue weighted by Crippen LogP contribution is 2.26. The monoisotopic (exact) mass is 351 g/mol. The number of hydrogen-bond acceptors (Lipinski definition) is 3. The van der Waals surface area contributed by atoms with Crippen LogP contribution >= 0.6 is 15.9 Å². The number of nitrogens with one attached hydrogen (secondary N) is 1. The summed E-state index contributed by atoms with van der Waals surface area (Å²) in [5, 5.41) is 7.74. The minimum atomic E-state index is 0.522. The van der Waals surface area contributed by atoms with Gasteiger partial charge in [0.1, 0.15) is 12.4 Å². The first-order chi connectivity index (χ1) is 10.1. The van der Waals surface area contributed by atoms with Gasteiger partial charge in [0.25, 0.3) is 0 Å². The zero-order valence-electron chi connectivity index (χ0n) is 12.8. The van der Waals surface area contributed by atoms with Crippen molar-refractivity contribution in [1.29, 1.82) is 0 Å². The Balaban J connectivity index is 2.01. The van der Waals surface area contributed by atoms with Gasteiger partial charge in [0.2, 0.25) is 0 Å². The molecule has 1 aromatic carbocycles. The zero-order valence-corrected chi connectivity index (χ0v) is 14.4. The Morgan fingerprint density at radius 3 is 2.71 bits per heavy atom. The van der Waals surface area contributed by atoms with Gasteiger partial charge in [-0.25, -0.2) is 0 Å². The first-order valence-electron chi connectivity index (χ1n) is 7.27. The van der Waals surface area contributed by atoms with E-state index in [2.05, 4.69) is 58.4 Å². The molecule has 1 heterocycles. The maximum Gasteiger partial charge on any atom is 0.134 e. The van der Waals surface area contributed by atoms with Crippen molar-refractivity contribution in [2.75, 3.05) is 6.54 Å². The van der Waals surface area contributed by atoms with Crippen LogP contribution in [-0.2, 0) is 26.6 Å². The van der Waals surface area contributed by atoms with Crippen molar-refractivity contribution in [3.63, 3.8) is 0 Å². The summed E-state index contributed by atoms with van der Waals surface area (Å²) in [6.45, 7) is 6.57. The topological polar surface area (TPSA) is 39.1 Å². The number of aryl methyl sites for hydroxylation is 2. The average molecular weight is 352 g/mol. The molecule has 0 aliphatic carbocycles. The molecule has 2 aromatic rings. The molecular weight excluding hydrogens is 330 g/mol. The lowest BCUT2D eigenvalue weighted by Gasteiger charge is -2.10. The number of rotatable bonds is 7. The average Bonchev–Trinajstić information content (AvgIpc) is 2.84. The summed E-state index contributed by atoms with van der Waals surface area (Å²) < 4.78 is 8.76. The summed E-state index contributed by atoms with van der Waals surface area (Å²) in [5.74, 6) is 0.856. The first kappa shape index (κ1) is 16.0. The highest BCUT2D eigenvalue weighted by Gasteiger charge is 2.07. The van der Waals surface area contributed by atoms with Crippen molar-refractivity contribution in [2.45, 2.75) is 33.4 Å². The van der Waals surface area contributed by atoms with Gasteiger partial charge in [0.05, 0.1) is 15.9 Å². The van der Waals surface area contributed by atoms with E-state index in [1.165, 1.54) is 5.56 Å². The Bertz CT molecular complexity index is 595. The third-order valence-corrected chi connectivity index (χ3v) is 3.96. The molecular formula is C16H22BrN3O. The molecule has 0 radical (unpaired) electrons. The molecule has 0 fully saturated rings. The van der Waals surface area contributed by atoms with Gasteiger partial charge in [0.15, 0.2) is 0 Å². The molecule has 0 aliphatic rings. The molecule has 4 nitrogen and oxygen atoms in total. The van der Waals surface area contributed by atoms with Gasteiger partial charge in [-0.2, -0.15) is 5.10 Å². The quantitative estimate of drug-likeness (QED) is 0.830. The van der Waals surface area contributed by atoms with E-state index in [4.69, 9.17) is 4.74 Å². The van der Waals surface area contributed by atoms with Crippen LogP contribution in [0.3, 0.4) is 0 Å². The fraction of sp³-hybridized carbons (Fsp3) is 0.438. The summed E-state index contributed by atoms with van der Waals surface area (Å²) in [7, 11) is 1.95. The second-order valence-corrected chi connectivity index (χ2v) is 5.79. The van der Waals surface area contributed by atoms with Crippen molar-refractivity contribution >= 4 is 15.9 Å². The first-order valence-corrected chi connectivity index (χ1v) is 8.07. The molecule has 0 saturated carbocycles. The minimum absolute atomic E-state index is 0.522. The number of ether oxygens (including phenoxy) is 1. The van der Waals surface area contributed by atoms with Crippen LogP contribution in [0.1, 0.15) is 30.8 Å². The van der Waals surface area contributed by atoms with Gasteiger partial charge < -0.3 is 10.1 Å². The minimum Gasteiger partial charge on any atom is -0.486 e. The molecule has 1 aromatic heterocycles. The lowest BCUT2D eigenvalue weighted by molar-refractivity contribution is 0.293. The van der Waals surface area contributed by atoms with Crippen LogP contribution in [0.4, 0.5) is 0 Å². The van der Waals surface area contributed by atoms with Gasteiger partial charge >= 0.3 is 0 Å². The third kappa shape index (κ3) is 4.32. The number of halogens is 1. The van der Waals surface area contributed by atoms with Gasteiger partial charge in [-0.05, 0) is 52.7 Å². The van der Waals surface area contributed by atoms with Crippen molar-refractivity contribution < 1.29 is 4.74 Å². The van der Waals surface area contributed by atoms with E-state index in [1.54, 1.807) is 0 Å². The van der Waals surface area contributed by atoms with Crippen LogP contribution in [0.15, 0.2) is 28.7 Å². The van der Waals surface area contributed by atoms with Crippen LogP contribution in [0.25, 0.3) is 0 Å². The van der Waals surface area contributed by atoms with Crippen molar-refractivity contribution in [2.24, 2.45) is 7.05 Å². The van der Waals surface area contributed by atoms with Crippen LogP contribution in [0.2, 0.25) is 0 Å². The molecule has 0 aliphatic heterocycles. The van der Waals surface area contributed by atoms with E-state index in [9.17, 15) is 0 Å². The van der Waals surface area contributed by atoms with Crippen LogP contribution in [0, 0.1) is 0 Å². The van der Waals surface area contributed by atoms with Crippen LogP contribution in [0.5, 0.6) is 5.75 Å². The summed E-state index contributed by atoms with van der Waals surface area (Å²) in [6.07, 6.45) is 0.941. The Hall–Kier alpha value is -1.33. The molecule has 0 spiro atoms. The van der Waals surface area contributed by atoms with Crippen molar-refractivity contribution in [3.8, 4) is 5.75 Å². The smallest absolute Gasteiger partial charge is 0.134 e. The Labute approximate surface area is 134 Å². The fourth-order valence-electron chi connectivity index (χ4n) is 2.07. The molecule has 0 unspecified atom stereocenters. The normalized spacial score (nSPS) is 10.9. The van der Waals surface area contributed by atoms with E-state index in [0.717, 1.165) is 41.1 Å². The summed E-state index contributed by atoms with van der Waals surface area (Å²) in [6, 6.07) is 8.28. The number of hydrogen-bond donors (Lipinski definition) is 1. The number of aromatic nitrogens is 2. The lowest BCUT2D eigenvalue weighted by Crippen LogP contribution is -2.11. The SMILES string of the molecule is CCNCc1ccc(OCc2cc(CC)nn2C)c(Br)c1. The van der Waals surface area contributed by atoms with Gasteiger partial charge in [-0.15, -0.1) is 0 Å². The zero-order chi connectivity index (χ0) is 15.2. The van der Waals surface area contributed by atoms with Crippen molar-refractivity contribution in [3.05, 3.63) is 45.7 Å². The predicted octanol–water partition coefficient (Wildman–Crippen LogP) is 3.43. The van der Waals surface area contributed by atoms with E-state index in [-0.39, 0.29) is 0 Å². The maximum absolute atomic E-state index is 5.89. The second kappa shape index (κ2) is 7.61. The number of benzene rings is 1. The van der Waals surface area contributed by atoms with E-state index >= 15 is 0 Å². The molecule has 0 atom stereocenters. The van der Waals surface area contributed by atoms with E-state index in [0.29, 0.717) is 6.61 Å². The fourth-order valence-corrected chi connectivity index (χ4v) is 2.61. The number of nitrogens with zero attached hydrogens (tertiary/aromatic N) is 2. The molecule has 0 bridgehead atoms. The van der Waals surface area contributed by atoms with Gasteiger partial charge in [-0.3, -0.25) is 4.68 Å². The molecule has 5 heteroatoms. The lowest BCUT2D eigenvalue weighted by atomic mass is 10.2. The molecule has 114 valence electrons. The highest BCUT2D eigenvalue weighted by molar-refractivity contribution is 9.10. The van der Waals surface area contributed by atoms with E-state index < -0.39 is 0 Å². The molecule has 1 N–H and O–H groups in total. The van der Waals surface area contributed by atoms with Gasteiger partial charge in [0, 0.05) is 13.6 Å². The summed E-state index contributed by atoms with van der Waals surface area (Å²) in [4.78, 5) is 0. The largest absolute Gasteiger partial charge is 0.486 e. The van der Waals surface area contributed by atoms with E-state index in [1.807, 2.05) is 17.8 Å². The summed E-state index contributed by atoms with van der Waals surface area (Å²) >= 11 is 3.57. The molecule has 0 saturated heterocycles.